The van der Waals surface area contributed by atoms with Crippen molar-refractivity contribution in [2.45, 2.75) is 51.5 Å². The van der Waals surface area contributed by atoms with Crippen molar-refractivity contribution in [1.29, 1.82) is 0 Å². The summed E-state index contributed by atoms with van der Waals surface area (Å²) in [5, 5.41) is 5.55. The topological polar surface area (TPSA) is 66.9 Å². The number of hydrogen-bond donors (Lipinski definition) is 2. The molecule has 1 heterocycles. The van der Waals surface area contributed by atoms with E-state index in [0.29, 0.717) is 11.6 Å². The van der Waals surface area contributed by atoms with Crippen molar-refractivity contribution in [1.82, 2.24) is 9.97 Å². The van der Waals surface area contributed by atoms with Crippen molar-refractivity contribution < 1.29 is 13.6 Å². The van der Waals surface area contributed by atoms with Gasteiger partial charge >= 0.3 is 0 Å². The van der Waals surface area contributed by atoms with Gasteiger partial charge in [-0.15, -0.1) is 0 Å². The van der Waals surface area contributed by atoms with Gasteiger partial charge in [-0.1, -0.05) is 31.7 Å². The molecule has 5 nitrogen and oxygen atoms in total. The molecular weight excluding hydrogens is 338 g/mol. The Morgan fingerprint density at radius 1 is 1.08 bits per heavy atom. The van der Waals surface area contributed by atoms with E-state index in [2.05, 4.69) is 20.6 Å². The van der Waals surface area contributed by atoms with Crippen LogP contribution in [0.1, 0.15) is 54.7 Å². The first-order valence-electron chi connectivity index (χ1n) is 8.90. The predicted octanol–water partition coefficient (Wildman–Crippen LogP) is 4.45. The summed E-state index contributed by atoms with van der Waals surface area (Å²) in [5.74, 6) is -1.97. The van der Waals surface area contributed by atoms with Gasteiger partial charge in [0.05, 0.1) is 0 Å². The molecule has 1 fully saturated rings. The Bertz CT molecular complexity index is 769. The quantitative estimate of drug-likeness (QED) is 0.791. The van der Waals surface area contributed by atoms with Crippen molar-refractivity contribution in [3.63, 3.8) is 0 Å². The van der Waals surface area contributed by atoms with Crippen LogP contribution in [0.3, 0.4) is 0 Å². The van der Waals surface area contributed by atoms with Crippen LogP contribution in [0.4, 0.5) is 20.4 Å². The molecule has 0 radical (unpaired) electrons. The maximum atomic E-state index is 13.7. The van der Waals surface area contributed by atoms with E-state index in [1.807, 2.05) is 0 Å². The van der Waals surface area contributed by atoms with Crippen molar-refractivity contribution in [2.24, 2.45) is 0 Å². The van der Waals surface area contributed by atoms with Gasteiger partial charge in [0.15, 0.2) is 0 Å². The predicted molar refractivity (Wildman–Crippen MR) is 96.2 cm³/mol. The van der Waals surface area contributed by atoms with Gasteiger partial charge in [0.25, 0.3) is 5.91 Å². The third-order valence-corrected chi connectivity index (χ3v) is 4.48. The number of nitrogens with zero attached hydrogens (tertiary/aromatic N) is 2. The Kier molecular flexibility index (Phi) is 5.75. The lowest BCUT2D eigenvalue weighted by atomic mass is 10.1. The molecule has 0 saturated heterocycles. The standard InChI is InChI=1S/C19H22F2N4O/c1-12-11-16(18(26)25-17-14(20)9-6-10-15(17)21)24-19(22-12)23-13-7-4-2-3-5-8-13/h6,9-11,13H,2-5,7-8H2,1H3,(H,25,26)(H,22,23,24). The number of nitrogens with one attached hydrogen (secondary N) is 2. The van der Waals surface area contributed by atoms with Gasteiger partial charge < -0.3 is 10.6 Å². The first-order chi connectivity index (χ1) is 12.5. The Morgan fingerprint density at radius 2 is 1.73 bits per heavy atom. The highest BCUT2D eigenvalue weighted by Gasteiger charge is 2.18. The van der Waals surface area contributed by atoms with Gasteiger partial charge in [-0.05, 0) is 38.0 Å². The maximum Gasteiger partial charge on any atom is 0.274 e. The van der Waals surface area contributed by atoms with Gasteiger partial charge in [0, 0.05) is 11.7 Å². The van der Waals surface area contributed by atoms with E-state index < -0.39 is 23.2 Å². The lowest BCUT2D eigenvalue weighted by Gasteiger charge is -2.17. The first-order valence-corrected chi connectivity index (χ1v) is 8.90. The summed E-state index contributed by atoms with van der Waals surface area (Å²) in [7, 11) is 0. The number of anilines is 2. The van der Waals surface area contributed by atoms with Crippen LogP contribution in [0.15, 0.2) is 24.3 Å². The second-order valence-electron chi connectivity index (χ2n) is 6.60. The van der Waals surface area contributed by atoms with Crippen LogP contribution >= 0.6 is 0 Å². The summed E-state index contributed by atoms with van der Waals surface area (Å²) < 4.78 is 27.5. The van der Waals surface area contributed by atoms with E-state index in [4.69, 9.17) is 0 Å². The average molecular weight is 360 g/mol. The van der Waals surface area contributed by atoms with Gasteiger partial charge in [0.2, 0.25) is 5.95 Å². The molecular formula is C19H22F2N4O. The molecule has 1 aromatic carbocycles. The monoisotopic (exact) mass is 360 g/mol. The molecule has 1 aliphatic rings. The number of amides is 1. The normalized spacial score (nSPS) is 15.3. The molecule has 2 aromatic rings. The molecule has 3 rings (SSSR count). The zero-order valence-electron chi connectivity index (χ0n) is 14.7. The van der Waals surface area contributed by atoms with Crippen molar-refractivity contribution in [3.05, 3.63) is 47.3 Å². The molecule has 138 valence electrons. The highest BCUT2D eigenvalue weighted by Crippen LogP contribution is 2.21. The molecule has 0 spiro atoms. The van der Waals surface area contributed by atoms with Crippen LogP contribution in [0.2, 0.25) is 0 Å². The Hall–Kier alpha value is -2.57. The summed E-state index contributed by atoms with van der Waals surface area (Å²) in [5.41, 5.74) is 0.193. The Balaban J connectivity index is 1.77. The van der Waals surface area contributed by atoms with Gasteiger partial charge in [-0.2, -0.15) is 0 Å². The average Bonchev–Trinajstić information content (AvgIpc) is 2.86. The second-order valence-corrected chi connectivity index (χ2v) is 6.60. The number of hydrogen-bond acceptors (Lipinski definition) is 4. The first kappa shape index (κ1) is 18.2. The maximum absolute atomic E-state index is 13.7. The van der Waals surface area contributed by atoms with E-state index in [0.717, 1.165) is 37.8 Å². The highest BCUT2D eigenvalue weighted by atomic mass is 19.1. The van der Waals surface area contributed by atoms with Gasteiger partial charge in [-0.3, -0.25) is 4.79 Å². The minimum Gasteiger partial charge on any atom is -0.351 e. The van der Waals surface area contributed by atoms with Crippen molar-refractivity contribution in [2.75, 3.05) is 10.6 Å². The molecule has 1 amide bonds. The van der Waals surface area contributed by atoms with E-state index in [9.17, 15) is 13.6 Å². The molecule has 2 N–H and O–H groups in total. The minimum atomic E-state index is -0.832. The number of carbonyl (C=O) groups is 1. The fourth-order valence-electron chi connectivity index (χ4n) is 3.15. The molecule has 0 atom stereocenters. The summed E-state index contributed by atoms with van der Waals surface area (Å²) in [6.45, 7) is 1.75. The summed E-state index contributed by atoms with van der Waals surface area (Å²) in [6.07, 6.45) is 6.86. The highest BCUT2D eigenvalue weighted by molar-refractivity contribution is 6.03. The number of halogens is 2. The number of carbonyl (C=O) groups excluding carboxylic acids is 1. The Labute approximate surface area is 151 Å². The Morgan fingerprint density at radius 3 is 2.38 bits per heavy atom. The van der Waals surface area contributed by atoms with E-state index in [1.165, 1.54) is 25.0 Å². The molecule has 1 saturated carbocycles. The largest absolute Gasteiger partial charge is 0.351 e. The summed E-state index contributed by atoms with van der Waals surface area (Å²) in [6, 6.07) is 5.18. The molecule has 0 unspecified atom stereocenters. The molecule has 7 heteroatoms. The van der Waals surface area contributed by atoms with Crippen LogP contribution < -0.4 is 10.6 Å². The summed E-state index contributed by atoms with van der Waals surface area (Å²) >= 11 is 0. The lowest BCUT2D eigenvalue weighted by Crippen LogP contribution is -2.22. The van der Waals surface area contributed by atoms with Gasteiger partial charge in [-0.25, -0.2) is 18.7 Å². The smallest absolute Gasteiger partial charge is 0.274 e. The fraction of sp³-hybridized carbons (Fsp3) is 0.421. The van der Waals surface area contributed by atoms with E-state index >= 15 is 0 Å². The lowest BCUT2D eigenvalue weighted by molar-refractivity contribution is 0.102. The number of aromatic nitrogens is 2. The molecule has 1 aromatic heterocycles. The molecule has 0 bridgehead atoms. The summed E-state index contributed by atoms with van der Waals surface area (Å²) in [4.78, 5) is 21.0. The van der Waals surface area contributed by atoms with E-state index in [-0.39, 0.29) is 11.7 Å². The van der Waals surface area contributed by atoms with Crippen LogP contribution in [0.25, 0.3) is 0 Å². The van der Waals surface area contributed by atoms with Crippen molar-refractivity contribution >= 4 is 17.5 Å². The number of rotatable bonds is 4. The molecule has 26 heavy (non-hydrogen) atoms. The SMILES string of the molecule is Cc1cc(C(=O)Nc2c(F)cccc2F)nc(NC2CCCCCC2)n1. The number of para-hydroxylation sites is 1. The minimum absolute atomic E-state index is 0.0660. The van der Waals surface area contributed by atoms with Crippen LogP contribution in [-0.2, 0) is 0 Å². The molecule has 1 aliphatic carbocycles. The van der Waals surface area contributed by atoms with Crippen LogP contribution in [-0.4, -0.2) is 21.9 Å². The third-order valence-electron chi connectivity index (χ3n) is 4.48. The fourth-order valence-corrected chi connectivity index (χ4v) is 3.15. The zero-order valence-corrected chi connectivity index (χ0v) is 14.7. The zero-order chi connectivity index (χ0) is 18.5. The van der Waals surface area contributed by atoms with Crippen LogP contribution in [0, 0.1) is 18.6 Å². The van der Waals surface area contributed by atoms with E-state index in [1.54, 1.807) is 6.92 Å². The molecule has 0 aliphatic heterocycles. The number of benzene rings is 1. The van der Waals surface area contributed by atoms with Crippen molar-refractivity contribution in [3.8, 4) is 0 Å². The third kappa shape index (κ3) is 4.53. The second kappa shape index (κ2) is 8.21. The number of aryl methyl sites for hydroxylation is 1. The van der Waals surface area contributed by atoms with Crippen LogP contribution in [0.5, 0.6) is 0 Å². The van der Waals surface area contributed by atoms with Gasteiger partial charge in [0.1, 0.15) is 23.0 Å².